The fraction of sp³-hybridized carbons (Fsp3) is 0.714. The average Bonchev–Trinajstić information content (AvgIpc) is 3.20. The molecule has 0 N–H and O–H groups in total. The lowest BCUT2D eigenvalue weighted by atomic mass is 9.72. The summed E-state index contributed by atoms with van der Waals surface area (Å²) in [4.78, 5) is 40.0. The van der Waals surface area contributed by atoms with E-state index in [-0.39, 0.29) is 17.2 Å². The third-order valence-electron chi connectivity index (χ3n) is 6.67. The number of aryl methyl sites for hydroxylation is 1. The summed E-state index contributed by atoms with van der Waals surface area (Å²) in [5.41, 5.74) is 1.88. The highest BCUT2D eigenvalue weighted by atomic mass is 16.2. The van der Waals surface area contributed by atoms with Gasteiger partial charge < -0.3 is 9.80 Å². The van der Waals surface area contributed by atoms with Crippen LogP contribution in [-0.4, -0.2) is 75.8 Å². The van der Waals surface area contributed by atoms with Crippen LogP contribution in [0.3, 0.4) is 0 Å². The molecule has 0 saturated carbocycles. The molecule has 0 bridgehead atoms. The molecule has 1 aromatic rings. The van der Waals surface area contributed by atoms with Crippen molar-refractivity contribution in [3.05, 3.63) is 23.8 Å². The first kappa shape index (κ1) is 19.3. The van der Waals surface area contributed by atoms with E-state index in [2.05, 4.69) is 14.9 Å². The van der Waals surface area contributed by atoms with Crippen LogP contribution in [0.1, 0.15) is 49.9 Å². The van der Waals surface area contributed by atoms with Crippen molar-refractivity contribution in [1.82, 2.24) is 24.7 Å². The lowest BCUT2D eigenvalue weighted by Gasteiger charge is -2.47. The van der Waals surface area contributed by atoms with Crippen LogP contribution >= 0.6 is 0 Å². The van der Waals surface area contributed by atoms with Crippen LogP contribution in [0.2, 0.25) is 0 Å². The highest BCUT2D eigenvalue weighted by molar-refractivity contribution is 5.79. The first-order chi connectivity index (χ1) is 13.5. The molecule has 4 rings (SSSR count). The van der Waals surface area contributed by atoms with Gasteiger partial charge in [-0.25, -0.2) is 0 Å². The molecule has 1 spiro atoms. The quantitative estimate of drug-likeness (QED) is 0.788. The number of aromatic nitrogens is 2. The van der Waals surface area contributed by atoms with Crippen molar-refractivity contribution in [3.63, 3.8) is 0 Å². The summed E-state index contributed by atoms with van der Waals surface area (Å²) in [5, 5.41) is 0. The topological polar surface area (TPSA) is 69.6 Å². The standard InChI is InChI=1S/C21H31N5O2/c1-17-12-23-18(13-22-17)14-26-16-21(5-4-19(26)27)6-10-25(11-7-21)20(28)15-24-8-2-3-9-24/h12-13H,2-11,14-16H2,1H3. The molecule has 3 aliphatic rings. The van der Waals surface area contributed by atoms with Crippen LogP contribution in [-0.2, 0) is 16.1 Å². The van der Waals surface area contributed by atoms with Crippen LogP contribution < -0.4 is 0 Å². The number of carbonyl (C=O) groups is 2. The first-order valence-corrected chi connectivity index (χ1v) is 10.6. The Kier molecular flexibility index (Phi) is 5.62. The van der Waals surface area contributed by atoms with Crippen molar-refractivity contribution in [2.75, 3.05) is 39.3 Å². The zero-order chi connectivity index (χ0) is 19.6. The second-order valence-electron chi connectivity index (χ2n) is 8.76. The molecule has 7 nitrogen and oxygen atoms in total. The number of hydrogen-bond acceptors (Lipinski definition) is 5. The van der Waals surface area contributed by atoms with E-state index < -0.39 is 0 Å². The van der Waals surface area contributed by atoms with Crippen molar-refractivity contribution in [2.45, 2.75) is 52.0 Å². The van der Waals surface area contributed by atoms with Gasteiger partial charge in [0.15, 0.2) is 0 Å². The normalized spacial score (nSPS) is 22.8. The molecule has 3 aliphatic heterocycles. The molecule has 7 heteroatoms. The smallest absolute Gasteiger partial charge is 0.236 e. The molecular formula is C21H31N5O2. The van der Waals surface area contributed by atoms with Gasteiger partial charge in [0.25, 0.3) is 0 Å². The molecule has 4 heterocycles. The maximum Gasteiger partial charge on any atom is 0.236 e. The van der Waals surface area contributed by atoms with Gasteiger partial charge in [0, 0.05) is 32.3 Å². The van der Waals surface area contributed by atoms with Crippen molar-refractivity contribution < 1.29 is 9.59 Å². The van der Waals surface area contributed by atoms with Gasteiger partial charge in [-0.1, -0.05) is 0 Å². The highest BCUT2D eigenvalue weighted by Gasteiger charge is 2.41. The Morgan fingerprint density at radius 2 is 1.82 bits per heavy atom. The van der Waals surface area contributed by atoms with Gasteiger partial charge in [0.2, 0.25) is 11.8 Å². The number of piperidine rings is 2. The van der Waals surface area contributed by atoms with Crippen molar-refractivity contribution in [2.24, 2.45) is 5.41 Å². The third kappa shape index (κ3) is 4.35. The zero-order valence-corrected chi connectivity index (χ0v) is 16.9. The van der Waals surface area contributed by atoms with E-state index in [1.165, 1.54) is 12.8 Å². The van der Waals surface area contributed by atoms with Gasteiger partial charge in [0.1, 0.15) is 0 Å². The number of likely N-dealkylation sites (tertiary alicyclic amines) is 3. The lowest BCUT2D eigenvalue weighted by molar-refractivity contribution is -0.143. The number of hydrogen-bond donors (Lipinski definition) is 0. The summed E-state index contributed by atoms with van der Waals surface area (Å²) >= 11 is 0. The molecule has 0 atom stereocenters. The van der Waals surface area contributed by atoms with E-state index in [1.807, 2.05) is 16.7 Å². The van der Waals surface area contributed by atoms with E-state index in [0.717, 1.165) is 63.4 Å². The van der Waals surface area contributed by atoms with Crippen LogP contribution in [0, 0.1) is 12.3 Å². The summed E-state index contributed by atoms with van der Waals surface area (Å²) in [5.74, 6) is 0.482. The summed E-state index contributed by atoms with van der Waals surface area (Å²) in [7, 11) is 0. The predicted octanol–water partition coefficient (Wildman–Crippen LogP) is 1.61. The monoisotopic (exact) mass is 385 g/mol. The van der Waals surface area contributed by atoms with Crippen LogP contribution in [0.4, 0.5) is 0 Å². The third-order valence-corrected chi connectivity index (χ3v) is 6.67. The lowest BCUT2D eigenvalue weighted by Crippen LogP contribution is -2.53. The molecule has 3 fully saturated rings. The van der Waals surface area contributed by atoms with Gasteiger partial charge in [-0.05, 0) is 57.5 Å². The van der Waals surface area contributed by atoms with Gasteiger partial charge in [-0.3, -0.25) is 24.5 Å². The first-order valence-electron chi connectivity index (χ1n) is 10.6. The van der Waals surface area contributed by atoms with Crippen LogP contribution in [0.25, 0.3) is 0 Å². The Hall–Kier alpha value is -2.02. The van der Waals surface area contributed by atoms with E-state index in [4.69, 9.17) is 0 Å². The molecule has 152 valence electrons. The second kappa shape index (κ2) is 8.15. The average molecular weight is 386 g/mol. The molecule has 0 radical (unpaired) electrons. The molecule has 3 saturated heterocycles. The Morgan fingerprint density at radius 1 is 1.07 bits per heavy atom. The Labute approximate surface area is 167 Å². The van der Waals surface area contributed by atoms with E-state index in [1.54, 1.807) is 12.4 Å². The fourth-order valence-electron chi connectivity index (χ4n) is 4.81. The molecule has 2 amide bonds. The van der Waals surface area contributed by atoms with Crippen molar-refractivity contribution in [1.29, 1.82) is 0 Å². The van der Waals surface area contributed by atoms with E-state index in [9.17, 15) is 9.59 Å². The van der Waals surface area contributed by atoms with E-state index >= 15 is 0 Å². The maximum atomic E-state index is 12.6. The zero-order valence-electron chi connectivity index (χ0n) is 16.9. The summed E-state index contributed by atoms with van der Waals surface area (Å²) in [6.45, 7) is 7.55. The Morgan fingerprint density at radius 3 is 2.50 bits per heavy atom. The van der Waals surface area contributed by atoms with Crippen LogP contribution in [0.15, 0.2) is 12.4 Å². The van der Waals surface area contributed by atoms with Crippen molar-refractivity contribution in [3.8, 4) is 0 Å². The molecule has 0 aliphatic carbocycles. The fourth-order valence-corrected chi connectivity index (χ4v) is 4.81. The molecule has 0 unspecified atom stereocenters. The number of carbonyl (C=O) groups excluding carboxylic acids is 2. The summed E-state index contributed by atoms with van der Waals surface area (Å²) in [6, 6.07) is 0. The van der Waals surface area contributed by atoms with Gasteiger partial charge in [-0.2, -0.15) is 0 Å². The molecule has 28 heavy (non-hydrogen) atoms. The van der Waals surface area contributed by atoms with E-state index in [0.29, 0.717) is 19.5 Å². The van der Waals surface area contributed by atoms with Crippen molar-refractivity contribution >= 4 is 11.8 Å². The number of amides is 2. The highest BCUT2D eigenvalue weighted by Crippen LogP contribution is 2.40. The second-order valence-corrected chi connectivity index (χ2v) is 8.76. The number of nitrogens with zero attached hydrogens (tertiary/aromatic N) is 5. The SMILES string of the molecule is Cc1cnc(CN2CC3(CCC2=O)CCN(C(=O)CN2CCCC2)CC3)cn1. The maximum absolute atomic E-state index is 12.6. The van der Waals surface area contributed by atoms with Gasteiger partial charge >= 0.3 is 0 Å². The predicted molar refractivity (Wildman–Crippen MR) is 105 cm³/mol. The van der Waals surface area contributed by atoms with Crippen LogP contribution in [0.5, 0.6) is 0 Å². The minimum atomic E-state index is 0.149. The Balaban J connectivity index is 1.33. The molecular weight excluding hydrogens is 354 g/mol. The molecule has 0 aromatic carbocycles. The van der Waals surface area contributed by atoms with Gasteiger partial charge in [-0.15, -0.1) is 0 Å². The molecule has 1 aromatic heterocycles. The summed E-state index contributed by atoms with van der Waals surface area (Å²) < 4.78 is 0. The minimum Gasteiger partial charge on any atom is -0.342 e. The minimum absolute atomic E-state index is 0.149. The van der Waals surface area contributed by atoms with Gasteiger partial charge in [0.05, 0.1) is 30.7 Å². The Bertz CT molecular complexity index is 706. The largest absolute Gasteiger partial charge is 0.342 e. The summed E-state index contributed by atoms with van der Waals surface area (Å²) in [6.07, 6.45) is 9.46. The number of rotatable bonds is 4.